The van der Waals surface area contributed by atoms with E-state index in [0.717, 1.165) is 6.54 Å². The maximum Gasteiger partial charge on any atom is 0.244 e. The molecule has 0 aliphatic heterocycles. The molecule has 1 aromatic carbocycles. The van der Waals surface area contributed by atoms with Gasteiger partial charge in [0.1, 0.15) is 25.0 Å². The number of benzene rings is 1. The molecule has 0 bridgehead atoms. The molecule has 1 atom stereocenters. The van der Waals surface area contributed by atoms with E-state index in [-0.39, 0.29) is 0 Å². The van der Waals surface area contributed by atoms with Crippen molar-refractivity contribution in [2.75, 3.05) is 0 Å². The minimum atomic E-state index is 0.615. The Kier molecular flexibility index (Phi) is 15.8. The van der Waals surface area contributed by atoms with Crippen molar-refractivity contribution in [1.29, 1.82) is 0 Å². The molecule has 34 heavy (non-hydrogen) atoms. The van der Waals surface area contributed by atoms with E-state index < -0.39 is 0 Å². The van der Waals surface area contributed by atoms with Crippen LogP contribution in [0.1, 0.15) is 142 Å². The van der Waals surface area contributed by atoms with Gasteiger partial charge in [0.05, 0.1) is 0 Å². The van der Waals surface area contributed by atoms with E-state index in [0.29, 0.717) is 12.0 Å². The van der Waals surface area contributed by atoms with E-state index in [2.05, 4.69) is 79.0 Å². The number of aromatic nitrogens is 2. The molecule has 0 amide bonds. The van der Waals surface area contributed by atoms with Gasteiger partial charge in [0.2, 0.25) is 6.33 Å². The van der Waals surface area contributed by atoms with Gasteiger partial charge in [-0.25, -0.2) is 9.13 Å². The van der Waals surface area contributed by atoms with Crippen LogP contribution in [0.5, 0.6) is 0 Å². The topological polar surface area (TPSA) is 8.81 Å². The Labute approximate surface area is 212 Å². The van der Waals surface area contributed by atoms with Crippen molar-refractivity contribution in [1.82, 2.24) is 4.57 Å². The van der Waals surface area contributed by atoms with Gasteiger partial charge in [-0.3, -0.25) is 0 Å². The third-order valence-corrected chi connectivity index (χ3v) is 7.43. The summed E-state index contributed by atoms with van der Waals surface area (Å²) in [5.41, 5.74) is 1.36. The fourth-order valence-electron chi connectivity index (χ4n) is 5.22. The molecule has 0 N–H and O–H groups in total. The van der Waals surface area contributed by atoms with Crippen LogP contribution in [0, 0.1) is 5.92 Å². The van der Waals surface area contributed by atoms with Crippen molar-refractivity contribution in [3.05, 3.63) is 54.6 Å². The van der Waals surface area contributed by atoms with E-state index in [4.69, 9.17) is 0 Å². The monoisotopic (exact) mass is 467 g/mol. The van der Waals surface area contributed by atoms with E-state index in [1.807, 2.05) is 0 Å². The van der Waals surface area contributed by atoms with E-state index in [9.17, 15) is 0 Å². The second-order valence-corrected chi connectivity index (χ2v) is 10.9. The van der Waals surface area contributed by atoms with E-state index in [1.165, 1.54) is 115 Å². The average molecular weight is 468 g/mol. The molecule has 0 radical (unpaired) electrons. The highest BCUT2D eigenvalue weighted by Gasteiger charge is 2.20. The minimum absolute atomic E-state index is 0.615. The van der Waals surface area contributed by atoms with Crippen molar-refractivity contribution in [3.63, 3.8) is 0 Å². The second-order valence-electron chi connectivity index (χ2n) is 10.9. The van der Waals surface area contributed by atoms with Gasteiger partial charge in [-0.15, -0.1) is 0 Å². The van der Waals surface area contributed by atoms with Gasteiger partial charge >= 0.3 is 0 Å². The molecule has 0 saturated carbocycles. The van der Waals surface area contributed by atoms with Gasteiger partial charge < -0.3 is 0 Å². The first-order valence-electron chi connectivity index (χ1n) is 14.8. The molecular formula is C32H55N2+. The van der Waals surface area contributed by atoms with Gasteiger partial charge in [-0.05, 0) is 24.3 Å². The Morgan fingerprint density at radius 2 is 1.18 bits per heavy atom. The van der Waals surface area contributed by atoms with Gasteiger partial charge in [-0.2, -0.15) is 0 Å². The zero-order valence-electron chi connectivity index (χ0n) is 22.9. The molecule has 2 aromatic rings. The fraction of sp³-hybridized carbons (Fsp3) is 0.719. The summed E-state index contributed by atoms with van der Waals surface area (Å²) in [7, 11) is 0. The van der Waals surface area contributed by atoms with Crippen molar-refractivity contribution in [3.8, 4) is 0 Å². The fourth-order valence-corrected chi connectivity index (χ4v) is 5.22. The predicted molar refractivity (Wildman–Crippen MR) is 148 cm³/mol. The maximum absolute atomic E-state index is 2.46. The van der Waals surface area contributed by atoms with E-state index >= 15 is 0 Å². The highest BCUT2D eigenvalue weighted by Crippen LogP contribution is 2.24. The van der Waals surface area contributed by atoms with Crippen molar-refractivity contribution < 1.29 is 4.57 Å². The third-order valence-electron chi connectivity index (χ3n) is 7.43. The summed E-state index contributed by atoms with van der Waals surface area (Å²) >= 11 is 0. The van der Waals surface area contributed by atoms with E-state index in [1.54, 1.807) is 0 Å². The van der Waals surface area contributed by atoms with Crippen LogP contribution in [0.2, 0.25) is 0 Å². The summed E-state index contributed by atoms with van der Waals surface area (Å²) in [5.74, 6) is 0.675. The lowest BCUT2D eigenvalue weighted by Crippen LogP contribution is -2.32. The third kappa shape index (κ3) is 12.8. The Hall–Kier alpha value is -1.57. The SMILES string of the molecule is CCCCCCCCCCCCCCCCCC[C@@H](C(C)C)n1cc[n+](Cc2ccccc2)c1. The summed E-state index contributed by atoms with van der Waals surface area (Å²) in [6.07, 6.45) is 31.1. The van der Waals surface area contributed by atoms with Crippen molar-refractivity contribution in [2.24, 2.45) is 5.92 Å². The molecule has 0 aliphatic carbocycles. The number of imidazole rings is 1. The first-order valence-corrected chi connectivity index (χ1v) is 14.8. The zero-order valence-corrected chi connectivity index (χ0v) is 22.9. The van der Waals surface area contributed by atoms with Gasteiger partial charge in [0.15, 0.2) is 0 Å². The molecule has 2 heteroatoms. The minimum Gasteiger partial charge on any atom is -0.234 e. The quantitative estimate of drug-likeness (QED) is 0.128. The lowest BCUT2D eigenvalue weighted by atomic mass is 9.97. The van der Waals surface area contributed by atoms with Crippen LogP contribution in [0.4, 0.5) is 0 Å². The molecular weight excluding hydrogens is 412 g/mol. The molecule has 0 spiro atoms. The summed E-state index contributed by atoms with van der Waals surface area (Å²) in [6, 6.07) is 11.4. The Morgan fingerprint density at radius 3 is 1.68 bits per heavy atom. The molecule has 2 rings (SSSR count). The number of rotatable bonds is 21. The van der Waals surface area contributed by atoms with Crippen LogP contribution >= 0.6 is 0 Å². The number of hydrogen-bond acceptors (Lipinski definition) is 0. The summed E-state index contributed by atoms with van der Waals surface area (Å²) in [4.78, 5) is 0. The Bertz CT molecular complexity index is 703. The first-order chi connectivity index (χ1) is 16.7. The summed E-state index contributed by atoms with van der Waals surface area (Å²) < 4.78 is 4.77. The molecule has 2 nitrogen and oxygen atoms in total. The number of unbranched alkanes of at least 4 members (excludes halogenated alkanes) is 15. The highest BCUT2D eigenvalue weighted by atomic mass is 15.1. The molecule has 0 aliphatic rings. The largest absolute Gasteiger partial charge is 0.244 e. The lowest BCUT2D eigenvalue weighted by Gasteiger charge is -2.17. The Morgan fingerprint density at radius 1 is 0.676 bits per heavy atom. The van der Waals surface area contributed by atoms with Gasteiger partial charge in [0.25, 0.3) is 0 Å². The van der Waals surface area contributed by atoms with Crippen LogP contribution in [0.15, 0.2) is 49.1 Å². The van der Waals surface area contributed by atoms with Crippen molar-refractivity contribution >= 4 is 0 Å². The second kappa shape index (κ2) is 18.7. The molecule has 1 heterocycles. The number of nitrogens with zero attached hydrogens (tertiary/aromatic N) is 2. The normalized spacial score (nSPS) is 12.5. The summed E-state index contributed by atoms with van der Waals surface area (Å²) in [6.45, 7) is 8.00. The van der Waals surface area contributed by atoms with Crippen LogP contribution < -0.4 is 4.57 Å². The predicted octanol–water partition coefficient (Wildman–Crippen LogP) is 9.67. The molecule has 0 fully saturated rings. The van der Waals surface area contributed by atoms with Crippen LogP contribution in [0.3, 0.4) is 0 Å². The zero-order chi connectivity index (χ0) is 24.3. The lowest BCUT2D eigenvalue weighted by molar-refractivity contribution is -0.688. The van der Waals surface area contributed by atoms with Crippen LogP contribution in [-0.4, -0.2) is 4.57 Å². The first kappa shape index (κ1) is 28.7. The Balaban J connectivity index is 1.48. The smallest absolute Gasteiger partial charge is 0.234 e. The molecule has 1 aromatic heterocycles. The summed E-state index contributed by atoms with van der Waals surface area (Å²) in [5, 5.41) is 0. The van der Waals surface area contributed by atoms with Crippen LogP contribution in [-0.2, 0) is 6.54 Å². The molecule has 192 valence electrons. The van der Waals surface area contributed by atoms with Gasteiger partial charge in [0, 0.05) is 0 Å². The van der Waals surface area contributed by atoms with Crippen molar-refractivity contribution in [2.45, 2.75) is 143 Å². The van der Waals surface area contributed by atoms with Crippen LogP contribution in [0.25, 0.3) is 0 Å². The molecule has 0 unspecified atom stereocenters. The highest BCUT2D eigenvalue weighted by molar-refractivity contribution is 5.13. The standard InChI is InChI=1S/C32H55N2/c1-4-5-6-7-8-9-10-11-12-13-14-15-16-17-18-22-25-32(30(2)3)34-27-26-33(29-34)28-31-23-20-19-21-24-31/h19-21,23-24,26-27,29-30,32H,4-18,22,25,28H2,1-3H3/q+1/t32-/m0/s1. The number of hydrogen-bond donors (Lipinski definition) is 0. The average Bonchev–Trinajstić information content (AvgIpc) is 3.29. The molecule has 0 saturated heterocycles. The van der Waals surface area contributed by atoms with Gasteiger partial charge in [-0.1, -0.05) is 147 Å². The maximum atomic E-state index is 2.46.